The van der Waals surface area contributed by atoms with Crippen LogP contribution in [0.15, 0.2) is 18.3 Å². The Morgan fingerprint density at radius 2 is 1.83 bits per heavy atom. The van der Waals surface area contributed by atoms with E-state index in [9.17, 15) is 0 Å². The molecule has 0 unspecified atom stereocenters. The van der Waals surface area contributed by atoms with Crippen molar-refractivity contribution in [3.05, 3.63) is 29.6 Å². The minimum absolute atomic E-state index is 0.321. The molecular formula is C16H26N2. The second-order valence-electron chi connectivity index (χ2n) is 6.73. The van der Waals surface area contributed by atoms with Crippen molar-refractivity contribution < 1.29 is 0 Å². The van der Waals surface area contributed by atoms with Crippen LogP contribution in [0.4, 0.5) is 0 Å². The number of nitrogens with zero attached hydrogens (tertiary/aromatic N) is 2. The lowest BCUT2D eigenvalue weighted by molar-refractivity contribution is 0.220. The second kappa shape index (κ2) is 5.83. The van der Waals surface area contributed by atoms with Crippen LogP contribution < -0.4 is 0 Å². The summed E-state index contributed by atoms with van der Waals surface area (Å²) in [5.74, 6) is 0. The molecule has 0 saturated carbocycles. The fourth-order valence-corrected chi connectivity index (χ4v) is 2.57. The van der Waals surface area contributed by atoms with Gasteiger partial charge in [0.25, 0.3) is 0 Å². The molecule has 0 amide bonds. The van der Waals surface area contributed by atoms with Crippen LogP contribution in [0.3, 0.4) is 0 Å². The van der Waals surface area contributed by atoms with E-state index in [2.05, 4.69) is 49.0 Å². The number of piperidine rings is 1. The molecule has 0 atom stereocenters. The molecule has 0 aromatic carbocycles. The van der Waals surface area contributed by atoms with E-state index in [-0.39, 0.29) is 0 Å². The molecule has 1 aliphatic rings. The van der Waals surface area contributed by atoms with E-state index in [0.717, 1.165) is 13.0 Å². The van der Waals surface area contributed by atoms with Gasteiger partial charge in [0.05, 0.1) is 0 Å². The zero-order valence-electron chi connectivity index (χ0n) is 12.1. The predicted molar refractivity (Wildman–Crippen MR) is 76.5 cm³/mol. The van der Waals surface area contributed by atoms with Crippen LogP contribution in [0.1, 0.15) is 51.3 Å². The van der Waals surface area contributed by atoms with Crippen molar-refractivity contribution in [2.24, 2.45) is 5.41 Å². The predicted octanol–water partition coefficient (Wildman–Crippen LogP) is 3.66. The van der Waals surface area contributed by atoms with Gasteiger partial charge in [-0.3, -0.25) is 9.88 Å². The Bertz CT molecular complexity index is 356. The molecule has 0 N–H and O–H groups in total. The SMILES string of the molecule is CC(C)(C)Cc1ccc(CN2CCCCC2)cn1. The highest BCUT2D eigenvalue weighted by Crippen LogP contribution is 2.19. The minimum Gasteiger partial charge on any atom is -0.299 e. The van der Waals surface area contributed by atoms with Gasteiger partial charge in [-0.15, -0.1) is 0 Å². The zero-order valence-corrected chi connectivity index (χ0v) is 12.1. The second-order valence-corrected chi connectivity index (χ2v) is 6.73. The van der Waals surface area contributed by atoms with Gasteiger partial charge in [-0.2, -0.15) is 0 Å². The molecule has 18 heavy (non-hydrogen) atoms. The number of pyridine rings is 1. The first-order valence-corrected chi connectivity index (χ1v) is 7.19. The molecule has 0 radical (unpaired) electrons. The molecule has 1 aliphatic heterocycles. The molecule has 1 saturated heterocycles. The third-order valence-corrected chi connectivity index (χ3v) is 3.45. The highest BCUT2D eigenvalue weighted by molar-refractivity contribution is 5.15. The Hall–Kier alpha value is -0.890. The molecule has 2 rings (SSSR count). The van der Waals surface area contributed by atoms with Crippen molar-refractivity contribution in [2.45, 2.75) is 53.0 Å². The van der Waals surface area contributed by atoms with Crippen LogP contribution in [0.5, 0.6) is 0 Å². The van der Waals surface area contributed by atoms with Gasteiger partial charge in [-0.25, -0.2) is 0 Å². The highest BCUT2D eigenvalue weighted by atomic mass is 15.1. The van der Waals surface area contributed by atoms with Crippen LogP contribution in [0, 0.1) is 5.41 Å². The van der Waals surface area contributed by atoms with E-state index in [1.165, 1.54) is 43.6 Å². The van der Waals surface area contributed by atoms with Crippen molar-refractivity contribution in [1.29, 1.82) is 0 Å². The van der Waals surface area contributed by atoms with Crippen molar-refractivity contribution >= 4 is 0 Å². The van der Waals surface area contributed by atoms with E-state index in [1.807, 2.05) is 0 Å². The Balaban J connectivity index is 1.90. The summed E-state index contributed by atoms with van der Waals surface area (Å²) in [5.41, 5.74) is 2.89. The van der Waals surface area contributed by atoms with E-state index in [0.29, 0.717) is 5.41 Å². The molecule has 100 valence electrons. The Morgan fingerprint density at radius 3 is 2.39 bits per heavy atom. The molecule has 2 nitrogen and oxygen atoms in total. The number of likely N-dealkylation sites (tertiary alicyclic amines) is 1. The van der Waals surface area contributed by atoms with Crippen LogP contribution in [-0.2, 0) is 13.0 Å². The highest BCUT2D eigenvalue weighted by Gasteiger charge is 2.13. The summed E-state index contributed by atoms with van der Waals surface area (Å²) >= 11 is 0. The van der Waals surface area contributed by atoms with Crippen LogP contribution in [-0.4, -0.2) is 23.0 Å². The first kappa shape index (κ1) is 13.5. The molecule has 1 aromatic heterocycles. The summed E-state index contributed by atoms with van der Waals surface area (Å²) in [6.07, 6.45) is 7.23. The van der Waals surface area contributed by atoms with E-state index >= 15 is 0 Å². The molecule has 0 aliphatic carbocycles. The average molecular weight is 246 g/mol. The van der Waals surface area contributed by atoms with Gasteiger partial charge < -0.3 is 0 Å². The topological polar surface area (TPSA) is 16.1 Å². The lowest BCUT2D eigenvalue weighted by atomic mass is 9.90. The van der Waals surface area contributed by atoms with Gasteiger partial charge in [0, 0.05) is 18.4 Å². The van der Waals surface area contributed by atoms with Gasteiger partial charge in [0.15, 0.2) is 0 Å². The average Bonchev–Trinajstić information content (AvgIpc) is 2.31. The lowest BCUT2D eigenvalue weighted by Crippen LogP contribution is -2.29. The number of rotatable bonds is 3. The largest absolute Gasteiger partial charge is 0.299 e. The zero-order chi connectivity index (χ0) is 13.0. The normalized spacial score (nSPS) is 17.9. The smallest absolute Gasteiger partial charge is 0.0409 e. The number of hydrogen-bond acceptors (Lipinski definition) is 2. The fraction of sp³-hybridized carbons (Fsp3) is 0.688. The maximum Gasteiger partial charge on any atom is 0.0409 e. The van der Waals surface area contributed by atoms with Crippen molar-refractivity contribution in [2.75, 3.05) is 13.1 Å². The minimum atomic E-state index is 0.321. The third kappa shape index (κ3) is 4.41. The molecule has 2 heterocycles. The number of aromatic nitrogens is 1. The maximum absolute atomic E-state index is 4.60. The molecule has 0 bridgehead atoms. The van der Waals surface area contributed by atoms with E-state index in [1.54, 1.807) is 0 Å². The van der Waals surface area contributed by atoms with Gasteiger partial charge in [0.1, 0.15) is 0 Å². The van der Waals surface area contributed by atoms with E-state index in [4.69, 9.17) is 0 Å². The maximum atomic E-state index is 4.60. The first-order chi connectivity index (χ1) is 8.53. The van der Waals surface area contributed by atoms with Crippen LogP contribution in [0.25, 0.3) is 0 Å². The monoisotopic (exact) mass is 246 g/mol. The Kier molecular flexibility index (Phi) is 4.39. The molecular weight excluding hydrogens is 220 g/mol. The summed E-state index contributed by atoms with van der Waals surface area (Å²) in [5, 5.41) is 0. The van der Waals surface area contributed by atoms with Crippen molar-refractivity contribution in [3.8, 4) is 0 Å². The first-order valence-electron chi connectivity index (χ1n) is 7.19. The van der Waals surface area contributed by atoms with Crippen LogP contribution in [0.2, 0.25) is 0 Å². The van der Waals surface area contributed by atoms with E-state index < -0.39 is 0 Å². The molecule has 1 fully saturated rings. The summed E-state index contributed by atoms with van der Waals surface area (Å²) in [7, 11) is 0. The third-order valence-electron chi connectivity index (χ3n) is 3.45. The summed E-state index contributed by atoms with van der Waals surface area (Å²) in [6, 6.07) is 4.45. The van der Waals surface area contributed by atoms with Gasteiger partial charge in [-0.05, 0) is 49.4 Å². The quantitative estimate of drug-likeness (QED) is 0.809. The van der Waals surface area contributed by atoms with Gasteiger partial charge >= 0.3 is 0 Å². The molecule has 2 heteroatoms. The lowest BCUT2D eigenvalue weighted by Gasteiger charge is -2.26. The summed E-state index contributed by atoms with van der Waals surface area (Å²) in [4.78, 5) is 7.15. The molecule has 0 spiro atoms. The summed E-state index contributed by atoms with van der Waals surface area (Å²) < 4.78 is 0. The van der Waals surface area contributed by atoms with Crippen molar-refractivity contribution in [1.82, 2.24) is 9.88 Å². The molecule has 1 aromatic rings. The van der Waals surface area contributed by atoms with Crippen LogP contribution >= 0.6 is 0 Å². The van der Waals surface area contributed by atoms with Gasteiger partial charge in [0.2, 0.25) is 0 Å². The van der Waals surface area contributed by atoms with Crippen molar-refractivity contribution in [3.63, 3.8) is 0 Å². The van der Waals surface area contributed by atoms with Gasteiger partial charge in [-0.1, -0.05) is 33.3 Å². The Labute approximate surface area is 111 Å². The summed E-state index contributed by atoms with van der Waals surface area (Å²) in [6.45, 7) is 10.4. The fourth-order valence-electron chi connectivity index (χ4n) is 2.57. The standard InChI is InChI=1S/C16H26N2/c1-16(2,3)11-15-8-7-14(12-17-15)13-18-9-5-4-6-10-18/h7-8,12H,4-6,9-11,13H2,1-3H3. The number of hydrogen-bond donors (Lipinski definition) is 0. The Morgan fingerprint density at radius 1 is 1.11 bits per heavy atom.